The van der Waals surface area contributed by atoms with Crippen LogP contribution in [0.1, 0.15) is 22.6 Å². The third-order valence-corrected chi connectivity index (χ3v) is 4.18. The van der Waals surface area contributed by atoms with E-state index in [1.54, 1.807) is 25.3 Å². The molecule has 2 aromatic carbocycles. The van der Waals surface area contributed by atoms with E-state index in [4.69, 9.17) is 4.74 Å². The van der Waals surface area contributed by atoms with Crippen LogP contribution in [-0.4, -0.2) is 12.2 Å². The monoisotopic (exact) mass is 296 g/mol. The number of halogens is 1. The van der Waals surface area contributed by atoms with E-state index in [9.17, 15) is 9.50 Å². The van der Waals surface area contributed by atoms with Gasteiger partial charge in [-0.15, -0.1) is 0 Å². The first-order chi connectivity index (χ1) is 10.6. The molecule has 112 valence electrons. The lowest BCUT2D eigenvalue weighted by molar-refractivity contribution is 0.282. The molecule has 0 bridgehead atoms. The highest BCUT2D eigenvalue weighted by atomic mass is 19.1. The number of ether oxygens (including phenoxy) is 1. The van der Waals surface area contributed by atoms with Crippen LogP contribution in [0.15, 0.2) is 55.1 Å². The molecule has 2 aromatic rings. The van der Waals surface area contributed by atoms with Crippen LogP contribution >= 0.6 is 0 Å². The Morgan fingerprint density at radius 3 is 2.77 bits per heavy atom. The standard InChI is InChI=1S/C19H17FO2/c1-4-11(2)17-14-9-12(10-21)5-6-13(14)18-15(20)7-8-16(22-3)19(17)18/h4-9,17,21H,1-2,10H2,3H3. The van der Waals surface area contributed by atoms with Crippen molar-refractivity contribution in [1.82, 2.24) is 0 Å². The highest BCUT2D eigenvalue weighted by molar-refractivity contribution is 5.83. The van der Waals surface area contributed by atoms with Crippen molar-refractivity contribution >= 4 is 0 Å². The van der Waals surface area contributed by atoms with Crippen LogP contribution in [0.4, 0.5) is 4.39 Å². The highest BCUT2D eigenvalue weighted by Gasteiger charge is 2.34. The Morgan fingerprint density at radius 2 is 2.14 bits per heavy atom. The maximum atomic E-state index is 14.4. The van der Waals surface area contributed by atoms with Gasteiger partial charge in [-0.2, -0.15) is 0 Å². The van der Waals surface area contributed by atoms with Gasteiger partial charge in [0.2, 0.25) is 0 Å². The highest BCUT2D eigenvalue weighted by Crippen LogP contribution is 2.52. The molecule has 0 heterocycles. The summed E-state index contributed by atoms with van der Waals surface area (Å²) < 4.78 is 19.9. The summed E-state index contributed by atoms with van der Waals surface area (Å²) >= 11 is 0. The lowest BCUT2D eigenvalue weighted by Gasteiger charge is -2.17. The second-order valence-corrected chi connectivity index (χ2v) is 5.33. The normalized spacial score (nSPS) is 15.1. The quantitative estimate of drug-likeness (QED) is 0.858. The van der Waals surface area contributed by atoms with E-state index in [1.165, 1.54) is 6.07 Å². The number of fused-ring (bicyclic) bond motifs is 3. The van der Waals surface area contributed by atoms with Crippen LogP contribution < -0.4 is 4.74 Å². The minimum atomic E-state index is -0.284. The molecule has 1 aliphatic rings. The van der Waals surface area contributed by atoms with Gasteiger partial charge < -0.3 is 9.84 Å². The fraction of sp³-hybridized carbons (Fsp3) is 0.158. The lowest BCUT2D eigenvalue weighted by atomic mass is 9.89. The zero-order valence-corrected chi connectivity index (χ0v) is 12.4. The zero-order valence-electron chi connectivity index (χ0n) is 12.4. The summed E-state index contributed by atoms with van der Waals surface area (Å²) in [5.41, 5.74) is 4.63. The van der Waals surface area contributed by atoms with Crippen LogP contribution in [0.2, 0.25) is 0 Å². The van der Waals surface area contributed by atoms with Crippen molar-refractivity contribution in [2.24, 2.45) is 0 Å². The third kappa shape index (κ3) is 1.97. The Kier molecular flexibility index (Phi) is 3.59. The molecule has 3 heteroatoms. The predicted molar refractivity (Wildman–Crippen MR) is 85.5 cm³/mol. The van der Waals surface area contributed by atoms with Gasteiger partial charge in [0.05, 0.1) is 13.7 Å². The molecule has 1 N–H and O–H groups in total. The number of benzene rings is 2. The van der Waals surface area contributed by atoms with E-state index in [2.05, 4.69) is 13.2 Å². The molecule has 1 atom stereocenters. The fourth-order valence-electron chi connectivity index (χ4n) is 3.15. The van der Waals surface area contributed by atoms with Crippen molar-refractivity contribution in [2.45, 2.75) is 12.5 Å². The minimum Gasteiger partial charge on any atom is -0.496 e. The Morgan fingerprint density at radius 1 is 1.36 bits per heavy atom. The molecule has 22 heavy (non-hydrogen) atoms. The van der Waals surface area contributed by atoms with Gasteiger partial charge in [-0.25, -0.2) is 4.39 Å². The summed E-state index contributed by atoms with van der Waals surface area (Å²) in [7, 11) is 1.57. The fourth-order valence-corrected chi connectivity index (χ4v) is 3.15. The number of aliphatic hydroxyl groups excluding tert-OH is 1. The molecule has 0 fully saturated rings. The molecule has 0 saturated carbocycles. The Balaban J connectivity index is 2.36. The van der Waals surface area contributed by atoms with Crippen LogP contribution in [0.25, 0.3) is 11.1 Å². The van der Waals surface area contributed by atoms with E-state index in [-0.39, 0.29) is 18.3 Å². The predicted octanol–water partition coefficient (Wildman–Crippen LogP) is 4.18. The van der Waals surface area contributed by atoms with Crippen molar-refractivity contribution < 1.29 is 14.2 Å². The van der Waals surface area contributed by atoms with E-state index in [1.807, 2.05) is 12.1 Å². The number of allylic oxidation sites excluding steroid dienone is 2. The first-order valence-electron chi connectivity index (χ1n) is 7.04. The van der Waals surface area contributed by atoms with Crippen molar-refractivity contribution in [3.63, 3.8) is 0 Å². The molecule has 0 spiro atoms. The molecule has 0 saturated heterocycles. The van der Waals surface area contributed by atoms with Gasteiger partial charge >= 0.3 is 0 Å². The number of hydrogen-bond acceptors (Lipinski definition) is 2. The van der Waals surface area contributed by atoms with E-state index >= 15 is 0 Å². The molecule has 3 rings (SSSR count). The van der Waals surface area contributed by atoms with Gasteiger partial charge in [0.1, 0.15) is 11.6 Å². The summed E-state index contributed by atoms with van der Waals surface area (Å²) in [5, 5.41) is 9.38. The summed E-state index contributed by atoms with van der Waals surface area (Å²) in [5.74, 6) is 0.138. The van der Waals surface area contributed by atoms with Gasteiger partial charge in [-0.1, -0.05) is 37.4 Å². The van der Waals surface area contributed by atoms with Gasteiger partial charge in [0.15, 0.2) is 0 Å². The maximum absolute atomic E-state index is 14.4. The third-order valence-electron chi connectivity index (χ3n) is 4.18. The number of methoxy groups -OCH3 is 1. The molecule has 1 unspecified atom stereocenters. The van der Waals surface area contributed by atoms with Crippen LogP contribution in [0, 0.1) is 5.82 Å². The smallest absolute Gasteiger partial charge is 0.131 e. The number of hydrogen-bond donors (Lipinski definition) is 1. The topological polar surface area (TPSA) is 29.5 Å². The van der Waals surface area contributed by atoms with Gasteiger partial charge in [-0.05, 0) is 34.4 Å². The van der Waals surface area contributed by atoms with Crippen LogP contribution in [-0.2, 0) is 6.61 Å². The zero-order chi connectivity index (χ0) is 15.9. The molecular weight excluding hydrogens is 279 g/mol. The molecule has 0 radical (unpaired) electrons. The van der Waals surface area contributed by atoms with Gasteiger partial charge in [0.25, 0.3) is 0 Å². The molecular formula is C19H17FO2. The van der Waals surface area contributed by atoms with Gasteiger partial charge in [-0.3, -0.25) is 0 Å². The maximum Gasteiger partial charge on any atom is 0.131 e. The minimum absolute atomic E-state index is 0.0590. The Bertz CT molecular complexity index is 777. The molecule has 2 nitrogen and oxygen atoms in total. The number of aliphatic hydroxyl groups is 1. The SMILES string of the molecule is C=CC(=C)C1c2cc(CO)ccc2-c2c(F)ccc(OC)c21. The van der Waals surface area contributed by atoms with E-state index in [0.717, 1.165) is 27.8 Å². The lowest BCUT2D eigenvalue weighted by Crippen LogP contribution is -2.02. The second-order valence-electron chi connectivity index (χ2n) is 5.33. The second kappa shape index (κ2) is 5.43. The first kappa shape index (κ1) is 14.5. The number of rotatable bonds is 4. The molecule has 1 aliphatic carbocycles. The Labute approximate surface area is 129 Å². The van der Waals surface area contributed by atoms with Crippen LogP contribution in [0.3, 0.4) is 0 Å². The summed E-state index contributed by atoms with van der Waals surface area (Å²) in [6, 6.07) is 8.60. The van der Waals surface area contributed by atoms with Gasteiger partial charge in [0, 0.05) is 17.0 Å². The van der Waals surface area contributed by atoms with Crippen molar-refractivity contribution in [3.05, 3.63) is 77.6 Å². The van der Waals surface area contributed by atoms with E-state index in [0.29, 0.717) is 11.3 Å². The van der Waals surface area contributed by atoms with E-state index < -0.39 is 0 Å². The van der Waals surface area contributed by atoms with Crippen molar-refractivity contribution in [3.8, 4) is 16.9 Å². The van der Waals surface area contributed by atoms with Crippen molar-refractivity contribution in [1.29, 1.82) is 0 Å². The molecule has 0 amide bonds. The van der Waals surface area contributed by atoms with Crippen molar-refractivity contribution in [2.75, 3.05) is 7.11 Å². The largest absolute Gasteiger partial charge is 0.496 e. The first-order valence-corrected chi connectivity index (χ1v) is 7.04. The molecule has 0 aromatic heterocycles. The average Bonchev–Trinajstić information content (AvgIpc) is 2.89. The average molecular weight is 296 g/mol. The summed E-state index contributed by atoms with van der Waals surface area (Å²) in [6.45, 7) is 7.78. The molecule has 0 aliphatic heterocycles. The summed E-state index contributed by atoms with van der Waals surface area (Å²) in [4.78, 5) is 0. The Hall–Kier alpha value is -2.39. The van der Waals surface area contributed by atoms with Crippen LogP contribution in [0.5, 0.6) is 5.75 Å². The summed E-state index contributed by atoms with van der Waals surface area (Å²) in [6.07, 6.45) is 1.68.